The number of aliphatic carboxylic acids is 1. The van der Waals surface area contributed by atoms with Crippen LogP contribution in [0.4, 0.5) is 0 Å². The number of nitrogens with zero attached hydrogens (tertiary/aromatic N) is 3. The minimum absolute atomic E-state index is 0.0249. The second-order valence-electron chi connectivity index (χ2n) is 4.50. The highest BCUT2D eigenvalue weighted by molar-refractivity contribution is 7.89. The second-order valence-corrected chi connectivity index (χ2v) is 6.89. The molecule has 3 rings (SSSR count). The Bertz CT molecular complexity index is 771. The first kappa shape index (κ1) is 13.4. The third-order valence-electron chi connectivity index (χ3n) is 3.32. The normalized spacial score (nSPS) is 20.5. The summed E-state index contributed by atoms with van der Waals surface area (Å²) in [6.45, 7) is 0.216. The molecule has 20 heavy (non-hydrogen) atoms. The van der Waals surface area contributed by atoms with Crippen LogP contribution in [0.5, 0.6) is 0 Å². The Hall–Kier alpha value is -1.58. The van der Waals surface area contributed by atoms with Crippen molar-refractivity contribution in [3.8, 4) is 0 Å². The maximum atomic E-state index is 12.7. The molecule has 9 heteroatoms. The van der Waals surface area contributed by atoms with Gasteiger partial charge in [0.2, 0.25) is 10.0 Å². The van der Waals surface area contributed by atoms with Gasteiger partial charge in [-0.15, -0.1) is 0 Å². The standard InChI is InChI=1S/C11H11N3O4S2/c15-11(16)8-4-2-6-14(8)20(17,18)9-5-1-3-7-10(9)13-19-12-7/h1,3,5,8H,2,4,6H2,(H,15,16)/t8-/m0/s1. The van der Waals surface area contributed by atoms with Crippen LogP contribution in [-0.2, 0) is 14.8 Å². The van der Waals surface area contributed by atoms with E-state index in [2.05, 4.69) is 8.75 Å². The summed E-state index contributed by atoms with van der Waals surface area (Å²) in [6.07, 6.45) is 0.876. The molecule has 2 aromatic rings. The number of hydrogen-bond acceptors (Lipinski definition) is 6. The quantitative estimate of drug-likeness (QED) is 0.904. The summed E-state index contributed by atoms with van der Waals surface area (Å²) in [7, 11) is -3.87. The summed E-state index contributed by atoms with van der Waals surface area (Å²) < 4.78 is 34.4. The molecular weight excluding hydrogens is 302 g/mol. The molecule has 0 bridgehead atoms. The van der Waals surface area contributed by atoms with E-state index < -0.39 is 22.0 Å². The lowest BCUT2D eigenvalue weighted by Crippen LogP contribution is -2.40. The first-order valence-corrected chi connectivity index (χ1v) is 8.15. The van der Waals surface area contributed by atoms with E-state index in [4.69, 9.17) is 5.11 Å². The Morgan fingerprint density at radius 2 is 2.20 bits per heavy atom. The van der Waals surface area contributed by atoms with Crippen LogP contribution < -0.4 is 0 Å². The third-order valence-corrected chi connectivity index (χ3v) is 5.81. The van der Waals surface area contributed by atoms with Crippen molar-refractivity contribution < 1.29 is 18.3 Å². The minimum Gasteiger partial charge on any atom is -0.480 e. The highest BCUT2D eigenvalue weighted by Gasteiger charge is 2.40. The smallest absolute Gasteiger partial charge is 0.322 e. The van der Waals surface area contributed by atoms with Crippen LogP contribution in [-0.4, -0.2) is 45.1 Å². The van der Waals surface area contributed by atoms with E-state index in [9.17, 15) is 13.2 Å². The highest BCUT2D eigenvalue weighted by atomic mass is 32.2. The van der Waals surface area contributed by atoms with Gasteiger partial charge < -0.3 is 5.11 Å². The van der Waals surface area contributed by atoms with Crippen molar-refractivity contribution >= 4 is 38.8 Å². The van der Waals surface area contributed by atoms with Gasteiger partial charge in [-0.3, -0.25) is 4.79 Å². The number of carbonyl (C=O) groups is 1. The van der Waals surface area contributed by atoms with Gasteiger partial charge in [0.15, 0.2) is 0 Å². The molecule has 1 aliphatic rings. The molecule has 0 spiro atoms. The summed E-state index contributed by atoms with van der Waals surface area (Å²) in [4.78, 5) is 11.2. The Balaban J connectivity index is 2.12. The van der Waals surface area contributed by atoms with Crippen molar-refractivity contribution in [3.05, 3.63) is 18.2 Å². The number of rotatable bonds is 3. The van der Waals surface area contributed by atoms with Crippen molar-refractivity contribution in [1.29, 1.82) is 0 Å². The predicted molar refractivity (Wildman–Crippen MR) is 72.0 cm³/mol. The molecule has 106 valence electrons. The molecule has 1 atom stereocenters. The summed E-state index contributed by atoms with van der Waals surface area (Å²) in [5, 5.41) is 9.14. The van der Waals surface area contributed by atoms with E-state index in [1.54, 1.807) is 12.1 Å². The fraction of sp³-hybridized carbons (Fsp3) is 0.364. The van der Waals surface area contributed by atoms with E-state index >= 15 is 0 Å². The van der Waals surface area contributed by atoms with Gasteiger partial charge in [-0.1, -0.05) is 6.07 Å². The molecule has 0 radical (unpaired) electrons. The number of hydrogen-bond donors (Lipinski definition) is 1. The molecule has 2 heterocycles. The Labute approximate surface area is 119 Å². The molecule has 1 aromatic heterocycles. The monoisotopic (exact) mass is 313 g/mol. The summed E-state index contributed by atoms with van der Waals surface area (Å²) >= 11 is 0.934. The van der Waals surface area contributed by atoms with Gasteiger partial charge in [0, 0.05) is 6.54 Å². The largest absolute Gasteiger partial charge is 0.480 e. The fourth-order valence-corrected chi connectivity index (χ4v) is 4.80. The first-order valence-electron chi connectivity index (χ1n) is 5.98. The van der Waals surface area contributed by atoms with E-state index in [1.165, 1.54) is 6.07 Å². The van der Waals surface area contributed by atoms with Gasteiger partial charge in [0.05, 0.1) is 11.7 Å². The number of fused-ring (bicyclic) bond motifs is 1. The number of benzene rings is 1. The van der Waals surface area contributed by atoms with Crippen LogP contribution in [0.25, 0.3) is 11.0 Å². The van der Waals surface area contributed by atoms with Crippen molar-refractivity contribution in [2.75, 3.05) is 6.54 Å². The summed E-state index contributed by atoms with van der Waals surface area (Å²) in [5.74, 6) is -1.12. The van der Waals surface area contributed by atoms with Crippen LogP contribution in [0.1, 0.15) is 12.8 Å². The minimum atomic E-state index is -3.87. The van der Waals surface area contributed by atoms with E-state index in [-0.39, 0.29) is 11.4 Å². The predicted octanol–water partition coefficient (Wildman–Crippen LogP) is 0.929. The highest BCUT2D eigenvalue weighted by Crippen LogP contribution is 2.29. The number of carboxylic acids is 1. The van der Waals surface area contributed by atoms with Crippen molar-refractivity contribution in [3.63, 3.8) is 0 Å². The van der Waals surface area contributed by atoms with Gasteiger partial charge >= 0.3 is 5.97 Å². The number of carboxylic acid groups (broad SMARTS) is 1. The van der Waals surface area contributed by atoms with Crippen molar-refractivity contribution in [2.45, 2.75) is 23.8 Å². The summed E-state index contributed by atoms with van der Waals surface area (Å²) in [6, 6.07) is 3.71. The average molecular weight is 313 g/mol. The molecule has 1 N–H and O–H groups in total. The van der Waals surface area contributed by atoms with Gasteiger partial charge in [0.25, 0.3) is 0 Å². The van der Waals surface area contributed by atoms with Crippen LogP contribution >= 0.6 is 11.7 Å². The zero-order valence-corrected chi connectivity index (χ0v) is 11.9. The van der Waals surface area contributed by atoms with E-state index in [0.29, 0.717) is 23.9 Å². The molecule has 1 fully saturated rings. The fourth-order valence-electron chi connectivity index (χ4n) is 2.39. The van der Waals surface area contributed by atoms with Crippen LogP contribution in [0.3, 0.4) is 0 Å². The lowest BCUT2D eigenvalue weighted by atomic mass is 10.2. The van der Waals surface area contributed by atoms with Crippen LogP contribution in [0.15, 0.2) is 23.1 Å². The number of aromatic nitrogens is 2. The maximum absolute atomic E-state index is 12.7. The topological polar surface area (TPSA) is 100 Å². The van der Waals surface area contributed by atoms with Gasteiger partial charge in [-0.05, 0) is 25.0 Å². The van der Waals surface area contributed by atoms with Gasteiger partial charge in [-0.2, -0.15) is 13.1 Å². The zero-order valence-electron chi connectivity index (χ0n) is 10.3. The summed E-state index contributed by atoms with van der Waals surface area (Å²) in [5.41, 5.74) is 0.802. The molecule has 0 saturated carbocycles. The molecule has 0 unspecified atom stereocenters. The molecule has 1 aromatic carbocycles. The average Bonchev–Trinajstić information content (AvgIpc) is 3.06. The first-order chi connectivity index (χ1) is 9.51. The Morgan fingerprint density at radius 3 is 2.95 bits per heavy atom. The second kappa shape index (κ2) is 4.76. The lowest BCUT2D eigenvalue weighted by Gasteiger charge is -2.20. The van der Waals surface area contributed by atoms with Gasteiger partial charge in [-0.25, -0.2) is 8.42 Å². The Morgan fingerprint density at radius 1 is 1.40 bits per heavy atom. The zero-order chi connectivity index (χ0) is 14.3. The molecule has 0 amide bonds. The van der Waals surface area contributed by atoms with Crippen LogP contribution in [0.2, 0.25) is 0 Å². The van der Waals surface area contributed by atoms with Crippen molar-refractivity contribution in [2.24, 2.45) is 0 Å². The maximum Gasteiger partial charge on any atom is 0.322 e. The van der Waals surface area contributed by atoms with Crippen LogP contribution in [0, 0.1) is 0 Å². The Kier molecular flexibility index (Phi) is 3.19. The molecule has 0 aliphatic carbocycles. The van der Waals surface area contributed by atoms with Gasteiger partial charge in [0.1, 0.15) is 22.0 Å². The lowest BCUT2D eigenvalue weighted by molar-refractivity contribution is -0.140. The third kappa shape index (κ3) is 1.98. The molecular formula is C11H11N3O4S2. The van der Waals surface area contributed by atoms with Crippen molar-refractivity contribution in [1.82, 2.24) is 13.1 Å². The van der Waals surface area contributed by atoms with E-state index in [1.807, 2.05) is 0 Å². The SMILES string of the molecule is O=C(O)[C@@H]1CCCN1S(=O)(=O)c1cccc2nsnc12. The molecule has 1 saturated heterocycles. The van der Waals surface area contributed by atoms with E-state index in [0.717, 1.165) is 16.0 Å². The molecule has 7 nitrogen and oxygen atoms in total. The molecule has 1 aliphatic heterocycles. The number of sulfonamides is 1.